The van der Waals surface area contributed by atoms with Crippen LogP contribution in [0.2, 0.25) is 5.02 Å². The van der Waals surface area contributed by atoms with E-state index in [9.17, 15) is 4.79 Å². The molecule has 0 spiro atoms. The number of halogens is 1. The molecule has 2 aliphatic rings. The van der Waals surface area contributed by atoms with Gasteiger partial charge < -0.3 is 10.2 Å². The van der Waals surface area contributed by atoms with Crippen LogP contribution in [-0.4, -0.2) is 35.0 Å². The van der Waals surface area contributed by atoms with Gasteiger partial charge in [-0.1, -0.05) is 11.6 Å². The third kappa shape index (κ3) is 2.01. The Balaban J connectivity index is 1.91. The molecule has 0 saturated carbocycles. The van der Waals surface area contributed by atoms with Crippen LogP contribution in [0.15, 0.2) is 11.0 Å². The molecule has 0 radical (unpaired) electrons. The second-order valence-electron chi connectivity index (χ2n) is 5.15. The van der Waals surface area contributed by atoms with Crippen LogP contribution in [0.3, 0.4) is 0 Å². The lowest BCUT2D eigenvalue weighted by molar-refractivity contribution is 0.563. The van der Waals surface area contributed by atoms with Gasteiger partial charge in [-0.2, -0.15) is 5.10 Å². The van der Waals surface area contributed by atoms with Gasteiger partial charge in [0.05, 0.1) is 11.9 Å². The number of nitrogens with one attached hydrogen (secondary N) is 1. The molecule has 2 fully saturated rings. The molecule has 98 valence electrons. The maximum atomic E-state index is 11.8. The number of hydrogen-bond acceptors (Lipinski definition) is 4. The summed E-state index contributed by atoms with van der Waals surface area (Å²) in [6, 6.07) is 1.14. The molecule has 1 N–H and O–H groups in total. The molecule has 2 aliphatic heterocycles. The fraction of sp³-hybridized carbons (Fsp3) is 0.667. The van der Waals surface area contributed by atoms with E-state index in [1.54, 1.807) is 13.2 Å². The summed E-state index contributed by atoms with van der Waals surface area (Å²) >= 11 is 6.15. The van der Waals surface area contributed by atoms with Gasteiger partial charge in [0.15, 0.2) is 0 Å². The highest BCUT2D eigenvalue weighted by atomic mass is 35.5. The third-order valence-corrected chi connectivity index (χ3v) is 4.28. The molecule has 3 rings (SSSR count). The quantitative estimate of drug-likeness (QED) is 0.817. The SMILES string of the molecule is Cn1ncc(N2CCC3CCC(C2)N3)c(Cl)c1=O. The minimum Gasteiger partial charge on any atom is -0.367 e. The lowest BCUT2D eigenvalue weighted by Gasteiger charge is -2.26. The Kier molecular flexibility index (Phi) is 3.03. The molecule has 2 atom stereocenters. The highest BCUT2D eigenvalue weighted by Crippen LogP contribution is 2.27. The smallest absolute Gasteiger partial charge is 0.287 e. The first kappa shape index (κ1) is 12.0. The molecule has 0 amide bonds. The molecule has 1 aromatic heterocycles. The minimum absolute atomic E-state index is 0.225. The molecular weight excluding hydrogens is 252 g/mol. The molecule has 2 saturated heterocycles. The van der Waals surface area contributed by atoms with E-state index < -0.39 is 0 Å². The molecule has 2 bridgehead atoms. The second kappa shape index (κ2) is 4.55. The van der Waals surface area contributed by atoms with Gasteiger partial charge in [-0.25, -0.2) is 4.68 Å². The Hall–Kier alpha value is -1.07. The van der Waals surface area contributed by atoms with Crippen LogP contribution >= 0.6 is 11.6 Å². The van der Waals surface area contributed by atoms with E-state index in [2.05, 4.69) is 15.3 Å². The summed E-state index contributed by atoms with van der Waals surface area (Å²) in [6.45, 7) is 1.84. The highest BCUT2D eigenvalue weighted by molar-refractivity contribution is 6.33. The lowest BCUT2D eigenvalue weighted by atomic mass is 10.1. The molecule has 6 heteroatoms. The monoisotopic (exact) mass is 268 g/mol. The highest BCUT2D eigenvalue weighted by Gasteiger charge is 2.30. The van der Waals surface area contributed by atoms with Gasteiger partial charge in [0.25, 0.3) is 5.56 Å². The van der Waals surface area contributed by atoms with Crippen molar-refractivity contribution >= 4 is 17.3 Å². The summed E-state index contributed by atoms with van der Waals surface area (Å²) in [5.41, 5.74) is 0.547. The Morgan fingerprint density at radius 3 is 3.00 bits per heavy atom. The Bertz CT molecular complexity index is 515. The first-order valence-corrected chi connectivity index (χ1v) is 6.76. The summed E-state index contributed by atoms with van der Waals surface area (Å²) in [7, 11) is 1.62. The fourth-order valence-corrected chi connectivity index (χ4v) is 3.17. The average molecular weight is 269 g/mol. The number of fused-ring (bicyclic) bond motifs is 2. The number of nitrogens with zero attached hydrogens (tertiary/aromatic N) is 3. The molecule has 0 aliphatic carbocycles. The minimum atomic E-state index is -0.225. The molecule has 18 heavy (non-hydrogen) atoms. The number of anilines is 1. The van der Waals surface area contributed by atoms with E-state index in [1.165, 1.54) is 17.5 Å². The van der Waals surface area contributed by atoms with E-state index in [0.717, 1.165) is 25.2 Å². The van der Waals surface area contributed by atoms with E-state index >= 15 is 0 Å². The van der Waals surface area contributed by atoms with Crippen molar-refractivity contribution in [3.63, 3.8) is 0 Å². The number of rotatable bonds is 1. The molecule has 5 nitrogen and oxygen atoms in total. The molecule has 3 heterocycles. The second-order valence-corrected chi connectivity index (χ2v) is 5.52. The van der Waals surface area contributed by atoms with Gasteiger partial charge in [-0.05, 0) is 19.3 Å². The van der Waals surface area contributed by atoms with Crippen LogP contribution < -0.4 is 15.8 Å². The first-order valence-electron chi connectivity index (χ1n) is 6.38. The van der Waals surface area contributed by atoms with Gasteiger partial charge in [0, 0.05) is 32.2 Å². The van der Waals surface area contributed by atoms with Gasteiger partial charge in [-0.3, -0.25) is 4.79 Å². The van der Waals surface area contributed by atoms with E-state index in [-0.39, 0.29) is 10.6 Å². The maximum Gasteiger partial charge on any atom is 0.287 e. The van der Waals surface area contributed by atoms with Crippen LogP contribution in [0.1, 0.15) is 19.3 Å². The van der Waals surface area contributed by atoms with Gasteiger partial charge in [0.1, 0.15) is 5.02 Å². The van der Waals surface area contributed by atoms with E-state index in [0.29, 0.717) is 12.1 Å². The van der Waals surface area contributed by atoms with Gasteiger partial charge >= 0.3 is 0 Å². The summed E-state index contributed by atoms with van der Waals surface area (Å²) in [5, 5.41) is 7.96. The molecule has 1 aromatic rings. The Morgan fingerprint density at radius 2 is 2.17 bits per heavy atom. The van der Waals surface area contributed by atoms with Gasteiger partial charge in [0.2, 0.25) is 0 Å². The fourth-order valence-electron chi connectivity index (χ4n) is 2.88. The zero-order valence-corrected chi connectivity index (χ0v) is 11.2. The Labute approximate surface area is 111 Å². The van der Waals surface area contributed by atoms with Crippen molar-refractivity contribution in [2.75, 3.05) is 18.0 Å². The lowest BCUT2D eigenvalue weighted by Crippen LogP contribution is -2.36. The summed E-state index contributed by atoms with van der Waals surface area (Å²) in [4.78, 5) is 14.0. The van der Waals surface area contributed by atoms with Crippen LogP contribution in [-0.2, 0) is 7.05 Å². The van der Waals surface area contributed by atoms with Crippen molar-refractivity contribution in [3.8, 4) is 0 Å². The number of aromatic nitrogens is 2. The third-order valence-electron chi connectivity index (χ3n) is 3.92. The largest absolute Gasteiger partial charge is 0.367 e. The normalized spacial score (nSPS) is 27.3. The maximum absolute atomic E-state index is 11.8. The first-order chi connectivity index (χ1) is 8.65. The number of hydrogen-bond donors (Lipinski definition) is 1. The molecular formula is C12H17ClN4O. The van der Waals surface area contributed by atoms with Crippen molar-refractivity contribution in [2.45, 2.75) is 31.3 Å². The van der Waals surface area contributed by atoms with Gasteiger partial charge in [-0.15, -0.1) is 0 Å². The zero-order chi connectivity index (χ0) is 12.7. The topological polar surface area (TPSA) is 50.2 Å². The number of aryl methyl sites for hydroxylation is 1. The van der Waals surface area contributed by atoms with E-state index in [4.69, 9.17) is 11.6 Å². The van der Waals surface area contributed by atoms with Crippen LogP contribution in [0.5, 0.6) is 0 Å². The van der Waals surface area contributed by atoms with E-state index in [1.807, 2.05) is 0 Å². The van der Waals surface area contributed by atoms with Crippen molar-refractivity contribution in [2.24, 2.45) is 7.05 Å². The van der Waals surface area contributed by atoms with Crippen molar-refractivity contribution in [1.82, 2.24) is 15.1 Å². The summed E-state index contributed by atoms with van der Waals surface area (Å²) in [6.07, 6.45) is 5.27. The average Bonchev–Trinajstić information content (AvgIpc) is 2.68. The standard InChI is InChI=1S/C12H17ClN4O/c1-16-12(18)11(13)10(6-14-16)17-5-4-8-2-3-9(7-17)15-8/h6,8-9,15H,2-5,7H2,1H3. The van der Waals surface area contributed by atoms with Crippen molar-refractivity contribution in [3.05, 3.63) is 21.6 Å². The Morgan fingerprint density at radius 1 is 1.39 bits per heavy atom. The molecule has 0 aromatic carbocycles. The van der Waals surface area contributed by atoms with Crippen LogP contribution in [0.4, 0.5) is 5.69 Å². The van der Waals surface area contributed by atoms with Crippen LogP contribution in [0, 0.1) is 0 Å². The predicted octanol–water partition coefficient (Wildman–Crippen LogP) is 0.764. The zero-order valence-electron chi connectivity index (χ0n) is 10.4. The van der Waals surface area contributed by atoms with Crippen molar-refractivity contribution < 1.29 is 0 Å². The van der Waals surface area contributed by atoms with Crippen molar-refractivity contribution in [1.29, 1.82) is 0 Å². The summed E-state index contributed by atoms with van der Waals surface area (Å²) in [5.74, 6) is 0. The predicted molar refractivity (Wildman–Crippen MR) is 71.3 cm³/mol. The van der Waals surface area contributed by atoms with Crippen LogP contribution in [0.25, 0.3) is 0 Å². The molecule has 2 unspecified atom stereocenters. The summed E-state index contributed by atoms with van der Waals surface area (Å²) < 4.78 is 1.27.